The van der Waals surface area contributed by atoms with Crippen molar-refractivity contribution < 1.29 is 8.78 Å². The summed E-state index contributed by atoms with van der Waals surface area (Å²) in [6.45, 7) is 1.56. The van der Waals surface area contributed by atoms with Crippen molar-refractivity contribution in [2.45, 2.75) is 19.3 Å². The molecular formula is C4H6F2. The van der Waals surface area contributed by atoms with Gasteiger partial charge in [0.2, 0.25) is 0 Å². The molecule has 0 aromatic rings. The minimum Gasteiger partial charge on any atom is -0.207 e. The van der Waals surface area contributed by atoms with Gasteiger partial charge >= 0.3 is 0 Å². The van der Waals surface area contributed by atoms with Crippen LogP contribution in [0.1, 0.15) is 13.3 Å². The van der Waals surface area contributed by atoms with Gasteiger partial charge < -0.3 is 0 Å². The Kier molecular flexibility index (Phi) is 0.500. The van der Waals surface area contributed by atoms with Crippen LogP contribution in [0.5, 0.6) is 0 Å². The SMILES string of the molecule is CC1CC1(F)F. The maximum Gasteiger partial charge on any atom is 0.251 e. The Morgan fingerprint density at radius 2 is 1.83 bits per heavy atom. The van der Waals surface area contributed by atoms with Crippen molar-refractivity contribution in [1.82, 2.24) is 0 Å². The molecule has 0 aromatic heterocycles. The third-order valence-corrected chi connectivity index (χ3v) is 1.14. The van der Waals surface area contributed by atoms with E-state index < -0.39 is 5.92 Å². The second-order valence-corrected chi connectivity index (χ2v) is 1.87. The Morgan fingerprint density at radius 1 is 1.67 bits per heavy atom. The van der Waals surface area contributed by atoms with Gasteiger partial charge in [-0.15, -0.1) is 0 Å². The van der Waals surface area contributed by atoms with E-state index >= 15 is 0 Å². The van der Waals surface area contributed by atoms with E-state index in [0.29, 0.717) is 0 Å². The van der Waals surface area contributed by atoms with Crippen molar-refractivity contribution >= 4 is 0 Å². The van der Waals surface area contributed by atoms with E-state index in [0.717, 1.165) is 0 Å². The largest absolute Gasteiger partial charge is 0.251 e. The molecule has 1 aliphatic rings. The fourth-order valence-corrected chi connectivity index (χ4v) is 0.349. The zero-order chi connectivity index (χ0) is 4.78. The lowest BCUT2D eigenvalue weighted by atomic mass is 10.5. The Hall–Kier alpha value is -0.140. The van der Waals surface area contributed by atoms with Crippen molar-refractivity contribution in [3.63, 3.8) is 0 Å². The fourth-order valence-electron chi connectivity index (χ4n) is 0.349. The Balaban J connectivity index is 2.41. The van der Waals surface area contributed by atoms with Gasteiger partial charge in [0, 0.05) is 12.3 Å². The quantitative estimate of drug-likeness (QED) is 0.426. The molecule has 1 rings (SSSR count). The van der Waals surface area contributed by atoms with Crippen molar-refractivity contribution in [1.29, 1.82) is 0 Å². The molecule has 0 aliphatic heterocycles. The topological polar surface area (TPSA) is 0 Å². The first kappa shape index (κ1) is 4.03. The van der Waals surface area contributed by atoms with E-state index in [1.165, 1.54) is 0 Å². The molecule has 0 radical (unpaired) electrons. The highest BCUT2D eigenvalue weighted by atomic mass is 19.3. The average Bonchev–Trinajstić information content (AvgIpc) is 1.73. The van der Waals surface area contributed by atoms with Crippen LogP contribution in [0.3, 0.4) is 0 Å². The maximum absolute atomic E-state index is 11.5. The maximum atomic E-state index is 11.5. The first-order chi connectivity index (χ1) is 2.63. The number of alkyl halides is 2. The molecule has 0 spiro atoms. The number of hydrogen-bond acceptors (Lipinski definition) is 0. The van der Waals surface area contributed by atoms with Crippen molar-refractivity contribution in [2.24, 2.45) is 5.92 Å². The summed E-state index contributed by atoms with van der Waals surface area (Å²) in [5, 5.41) is 0. The Bertz CT molecular complexity index is 67.9. The van der Waals surface area contributed by atoms with Gasteiger partial charge in [0.1, 0.15) is 0 Å². The molecule has 1 fully saturated rings. The molecular weight excluding hydrogens is 86.0 g/mol. The highest BCUT2D eigenvalue weighted by Crippen LogP contribution is 2.47. The van der Waals surface area contributed by atoms with Crippen molar-refractivity contribution in [3.8, 4) is 0 Å². The molecule has 0 bridgehead atoms. The molecule has 6 heavy (non-hydrogen) atoms. The molecule has 36 valence electrons. The lowest BCUT2D eigenvalue weighted by Crippen LogP contribution is -1.87. The summed E-state index contributed by atoms with van der Waals surface area (Å²) in [6.07, 6.45) is 0.104. The Labute approximate surface area is 35.2 Å². The summed E-state index contributed by atoms with van der Waals surface area (Å²) in [5.41, 5.74) is 0. The molecule has 0 aromatic carbocycles. The van der Waals surface area contributed by atoms with Gasteiger partial charge in [0.15, 0.2) is 0 Å². The van der Waals surface area contributed by atoms with Gasteiger partial charge in [-0.05, 0) is 0 Å². The van der Waals surface area contributed by atoms with Crippen LogP contribution in [0.15, 0.2) is 0 Å². The number of halogens is 2. The van der Waals surface area contributed by atoms with Crippen LogP contribution in [0, 0.1) is 5.92 Å². The lowest BCUT2D eigenvalue weighted by Gasteiger charge is -1.82. The van der Waals surface area contributed by atoms with Gasteiger partial charge in [0.25, 0.3) is 5.92 Å². The number of rotatable bonds is 0. The van der Waals surface area contributed by atoms with E-state index in [1.54, 1.807) is 6.92 Å². The second kappa shape index (κ2) is 0.745. The van der Waals surface area contributed by atoms with E-state index in [2.05, 4.69) is 0 Å². The van der Waals surface area contributed by atoms with Crippen molar-refractivity contribution in [2.75, 3.05) is 0 Å². The first-order valence-corrected chi connectivity index (χ1v) is 2.01. The summed E-state index contributed by atoms with van der Waals surface area (Å²) >= 11 is 0. The highest BCUT2D eigenvalue weighted by molar-refractivity contribution is 4.90. The monoisotopic (exact) mass is 92.0 g/mol. The van der Waals surface area contributed by atoms with Gasteiger partial charge in [-0.25, -0.2) is 8.78 Å². The summed E-state index contributed by atoms with van der Waals surface area (Å²) in [6, 6.07) is 0. The molecule has 0 saturated heterocycles. The zero-order valence-corrected chi connectivity index (χ0v) is 3.54. The van der Waals surface area contributed by atoms with Gasteiger partial charge in [0.05, 0.1) is 0 Å². The fraction of sp³-hybridized carbons (Fsp3) is 1.00. The van der Waals surface area contributed by atoms with Crippen LogP contribution < -0.4 is 0 Å². The number of hydrogen-bond donors (Lipinski definition) is 0. The summed E-state index contributed by atoms with van der Waals surface area (Å²) in [7, 11) is 0. The molecule has 1 unspecified atom stereocenters. The molecule has 0 N–H and O–H groups in total. The highest BCUT2D eigenvalue weighted by Gasteiger charge is 2.53. The minimum absolute atomic E-state index is 0.104. The summed E-state index contributed by atoms with van der Waals surface area (Å²) < 4.78 is 23.1. The second-order valence-electron chi connectivity index (χ2n) is 1.87. The Morgan fingerprint density at radius 3 is 1.83 bits per heavy atom. The van der Waals surface area contributed by atoms with Crippen LogP contribution in [0.4, 0.5) is 8.78 Å². The lowest BCUT2D eigenvalue weighted by molar-refractivity contribution is 0.102. The standard InChI is InChI=1S/C4H6F2/c1-3-2-4(3,5)6/h3H,2H2,1H3. The van der Waals surface area contributed by atoms with E-state index in [4.69, 9.17) is 0 Å². The smallest absolute Gasteiger partial charge is 0.207 e. The normalized spacial score (nSPS) is 39.5. The van der Waals surface area contributed by atoms with E-state index in [1.807, 2.05) is 0 Å². The predicted molar refractivity (Wildman–Crippen MR) is 18.7 cm³/mol. The first-order valence-electron chi connectivity index (χ1n) is 2.01. The van der Waals surface area contributed by atoms with Crippen LogP contribution in [-0.4, -0.2) is 5.92 Å². The molecule has 2 heteroatoms. The van der Waals surface area contributed by atoms with Gasteiger partial charge in [-0.2, -0.15) is 0 Å². The van der Waals surface area contributed by atoms with Crippen molar-refractivity contribution in [3.05, 3.63) is 0 Å². The molecule has 1 aliphatic carbocycles. The summed E-state index contributed by atoms with van der Waals surface area (Å²) in [5.74, 6) is -2.63. The van der Waals surface area contributed by atoms with Crippen LogP contribution >= 0.6 is 0 Å². The molecule has 0 heterocycles. The van der Waals surface area contributed by atoms with Gasteiger partial charge in [-0.1, -0.05) is 6.92 Å². The van der Waals surface area contributed by atoms with E-state index in [-0.39, 0.29) is 12.3 Å². The molecule has 0 nitrogen and oxygen atoms in total. The summed E-state index contributed by atoms with van der Waals surface area (Å²) in [4.78, 5) is 0. The van der Waals surface area contributed by atoms with Crippen LogP contribution in [-0.2, 0) is 0 Å². The predicted octanol–water partition coefficient (Wildman–Crippen LogP) is 1.66. The molecule has 1 atom stereocenters. The zero-order valence-electron chi connectivity index (χ0n) is 3.54. The molecule has 1 saturated carbocycles. The minimum atomic E-state index is -2.29. The van der Waals surface area contributed by atoms with Gasteiger partial charge in [-0.3, -0.25) is 0 Å². The van der Waals surface area contributed by atoms with Crippen LogP contribution in [0.2, 0.25) is 0 Å². The third-order valence-electron chi connectivity index (χ3n) is 1.14. The van der Waals surface area contributed by atoms with Crippen LogP contribution in [0.25, 0.3) is 0 Å². The average molecular weight is 92.1 g/mol. The third kappa shape index (κ3) is 0.402. The van der Waals surface area contributed by atoms with E-state index in [9.17, 15) is 8.78 Å². The molecule has 0 amide bonds.